The van der Waals surface area contributed by atoms with Gasteiger partial charge in [-0.25, -0.2) is 14.4 Å². The summed E-state index contributed by atoms with van der Waals surface area (Å²) in [5.74, 6) is -0.314. The number of carbonyl (C=O) groups excluding carboxylic acids is 2. The van der Waals surface area contributed by atoms with Gasteiger partial charge in [0.2, 0.25) is 0 Å². The summed E-state index contributed by atoms with van der Waals surface area (Å²) in [5, 5.41) is 0. The van der Waals surface area contributed by atoms with Gasteiger partial charge in [-0.3, -0.25) is 4.57 Å². The molecule has 0 N–H and O–H groups in total. The number of para-hydroxylation sites is 2. The Balaban J connectivity index is 0.000000184. The van der Waals surface area contributed by atoms with Crippen molar-refractivity contribution in [1.29, 1.82) is 0 Å². The van der Waals surface area contributed by atoms with E-state index in [1.165, 1.54) is 49.5 Å². The second kappa shape index (κ2) is 13.4. The fraction of sp³-hybridized carbons (Fsp3) is 0.700. The molecule has 1 unspecified atom stereocenters. The molecule has 2 amide bonds. The number of fused-ring (bicyclic) bond motifs is 1. The largest absolute Gasteiger partial charge is 0.447 e. The lowest BCUT2D eigenvalue weighted by Gasteiger charge is -2.48. The van der Waals surface area contributed by atoms with Crippen molar-refractivity contribution in [2.24, 2.45) is 7.05 Å². The highest BCUT2D eigenvalue weighted by Gasteiger charge is 2.62. The topological polar surface area (TPSA) is 94.2 Å². The molecule has 5 rings (SSSR count). The molecule has 1 saturated carbocycles. The molecule has 0 bridgehead atoms. The SMILES string of the molecule is CC1COC(=O)N1C.CCCCC1(CCCC)N(C)C(=O)OC12CCCCC2.Cn1c(=O)oc2ccccc21. The van der Waals surface area contributed by atoms with Crippen LogP contribution in [0.3, 0.4) is 0 Å². The summed E-state index contributed by atoms with van der Waals surface area (Å²) in [6.45, 7) is 6.96. The molecule has 1 aliphatic carbocycles. The smallest absolute Gasteiger partial charge is 0.419 e. The van der Waals surface area contributed by atoms with E-state index >= 15 is 0 Å². The average Bonchev–Trinajstić information content (AvgIpc) is 3.47. The standard InChI is InChI=1S/C17H31NO2.C8H7NO2.C5H9NO2/c1-4-6-11-16(12-7-5-2)17(13-9-8-10-14-17)20-15(19)18(16)3;1-9-6-4-2-3-5-7(6)11-8(9)10;1-4-3-8-5(7)6(4)2/h4-14H2,1-3H3;2-5H,1H3;4H,3H2,1-2H3. The van der Waals surface area contributed by atoms with E-state index < -0.39 is 0 Å². The van der Waals surface area contributed by atoms with Gasteiger partial charge < -0.3 is 23.7 Å². The Morgan fingerprint density at radius 2 is 1.51 bits per heavy atom. The minimum Gasteiger partial charge on any atom is -0.447 e. The van der Waals surface area contributed by atoms with Crippen LogP contribution < -0.4 is 5.76 Å². The average molecular weight is 546 g/mol. The van der Waals surface area contributed by atoms with Crippen LogP contribution >= 0.6 is 0 Å². The van der Waals surface area contributed by atoms with E-state index in [1.54, 1.807) is 25.1 Å². The number of rotatable bonds is 6. The lowest BCUT2D eigenvalue weighted by molar-refractivity contribution is -0.0526. The van der Waals surface area contributed by atoms with Gasteiger partial charge in [0.15, 0.2) is 5.58 Å². The number of carbonyl (C=O) groups is 2. The third-order valence-electron chi connectivity index (χ3n) is 8.69. The predicted molar refractivity (Wildman–Crippen MR) is 152 cm³/mol. The maximum Gasteiger partial charge on any atom is 0.419 e. The molecule has 9 heteroatoms. The van der Waals surface area contributed by atoms with Gasteiger partial charge in [0.25, 0.3) is 0 Å². The van der Waals surface area contributed by atoms with Crippen LogP contribution in [0, 0.1) is 0 Å². The summed E-state index contributed by atoms with van der Waals surface area (Å²) in [5.41, 5.74) is 1.23. The van der Waals surface area contributed by atoms with Gasteiger partial charge >= 0.3 is 17.9 Å². The molecule has 39 heavy (non-hydrogen) atoms. The summed E-state index contributed by atoms with van der Waals surface area (Å²) < 4.78 is 17.1. The minimum atomic E-state index is -0.314. The van der Waals surface area contributed by atoms with Crippen molar-refractivity contribution in [3.8, 4) is 0 Å². The first kappa shape index (κ1) is 30.6. The molecule has 1 atom stereocenters. The molecule has 1 spiro atoms. The number of hydrogen-bond acceptors (Lipinski definition) is 6. The Labute approximate surface area is 232 Å². The zero-order valence-electron chi connectivity index (χ0n) is 24.7. The first-order valence-corrected chi connectivity index (χ1v) is 14.5. The van der Waals surface area contributed by atoms with Gasteiger partial charge in [0.05, 0.1) is 17.1 Å². The first-order valence-electron chi connectivity index (χ1n) is 14.5. The molecule has 9 nitrogen and oxygen atoms in total. The Morgan fingerprint density at radius 3 is 2.00 bits per heavy atom. The van der Waals surface area contributed by atoms with Gasteiger partial charge in [-0.2, -0.15) is 0 Å². The number of oxazole rings is 1. The lowest BCUT2D eigenvalue weighted by atomic mass is 9.66. The second-order valence-electron chi connectivity index (χ2n) is 11.2. The van der Waals surface area contributed by atoms with Crippen molar-refractivity contribution in [3.05, 3.63) is 34.8 Å². The molecule has 2 aromatic rings. The molecule has 0 radical (unpaired) electrons. The predicted octanol–water partition coefficient (Wildman–Crippen LogP) is 6.48. The van der Waals surface area contributed by atoms with Gasteiger partial charge in [-0.1, -0.05) is 58.1 Å². The number of benzene rings is 1. The summed E-state index contributed by atoms with van der Waals surface area (Å²) in [4.78, 5) is 37.3. The van der Waals surface area contributed by atoms with E-state index in [4.69, 9.17) is 9.15 Å². The van der Waals surface area contributed by atoms with Crippen LogP contribution in [0.25, 0.3) is 11.1 Å². The van der Waals surface area contributed by atoms with Crippen molar-refractivity contribution in [1.82, 2.24) is 14.4 Å². The molecule has 218 valence electrons. The quantitative estimate of drug-likeness (QED) is 0.412. The van der Waals surface area contributed by atoms with Crippen molar-refractivity contribution in [2.75, 3.05) is 20.7 Å². The highest BCUT2D eigenvalue weighted by molar-refractivity contribution is 5.73. The van der Waals surface area contributed by atoms with Crippen molar-refractivity contribution in [2.45, 2.75) is 109 Å². The molecular weight excluding hydrogens is 498 g/mol. The van der Waals surface area contributed by atoms with Crippen molar-refractivity contribution >= 4 is 23.3 Å². The van der Waals surface area contributed by atoms with E-state index in [9.17, 15) is 14.4 Å². The van der Waals surface area contributed by atoms with Crippen LogP contribution in [0.1, 0.15) is 91.4 Å². The number of ether oxygens (including phenoxy) is 2. The summed E-state index contributed by atoms with van der Waals surface area (Å²) >= 11 is 0. The minimum absolute atomic E-state index is 0.0451. The summed E-state index contributed by atoms with van der Waals surface area (Å²) in [6.07, 6.45) is 12.5. The van der Waals surface area contributed by atoms with Crippen LogP contribution in [0.5, 0.6) is 0 Å². The fourth-order valence-electron chi connectivity index (χ4n) is 6.02. The Hall–Kier alpha value is -2.97. The number of amides is 2. The van der Waals surface area contributed by atoms with Gasteiger partial charge in [0.1, 0.15) is 12.2 Å². The lowest BCUT2D eigenvalue weighted by Crippen LogP contribution is -2.58. The number of aryl methyl sites for hydroxylation is 1. The third-order valence-corrected chi connectivity index (χ3v) is 8.69. The molecule has 2 saturated heterocycles. The molecule has 1 aromatic heterocycles. The highest BCUT2D eigenvalue weighted by Crippen LogP contribution is 2.52. The number of aromatic nitrogens is 1. The fourth-order valence-corrected chi connectivity index (χ4v) is 6.02. The third kappa shape index (κ3) is 6.44. The van der Waals surface area contributed by atoms with E-state index in [2.05, 4.69) is 18.6 Å². The van der Waals surface area contributed by atoms with E-state index in [1.807, 2.05) is 37.1 Å². The number of unbranched alkanes of at least 4 members (excludes halogenated alkanes) is 2. The normalized spacial score (nSPS) is 21.2. The van der Waals surface area contributed by atoms with Crippen LogP contribution in [0.2, 0.25) is 0 Å². The highest BCUT2D eigenvalue weighted by atomic mass is 16.6. The van der Waals surface area contributed by atoms with E-state index in [0.29, 0.717) is 12.2 Å². The second-order valence-corrected chi connectivity index (χ2v) is 11.2. The number of nitrogens with zero attached hydrogens (tertiary/aromatic N) is 3. The Kier molecular flexibility index (Phi) is 10.5. The maximum atomic E-state index is 12.3. The van der Waals surface area contributed by atoms with Crippen LogP contribution in [0.15, 0.2) is 33.5 Å². The van der Waals surface area contributed by atoms with Gasteiger partial charge in [-0.15, -0.1) is 0 Å². The maximum absolute atomic E-state index is 12.3. The zero-order valence-corrected chi connectivity index (χ0v) is 24.7. The number of cyclic esters (lactones) is 1. The zero-order chi connectivity index (χ0) is 28.6. The molecule has 3 fully saturated rings. The summed E-state index contributed by atoms with van der Waals surface area (Å²) in [6, 6.07) is 7.59. The molecular formula is C30H47N3O6. The molecule has 3 heterocycles. The van der Waals surface area contributed by atoms with Gasteiger partial charge in [-0.05, 0) is 57.6 Å². The molecule has 3 aliphatic rings. The Morgan fingerprint density at radius 1 is 0.897 bits per heavy atom. The van der Waals surface area contributed by atoms with Crippen LogP contribution in [0.4, 0.5) is 9.59 Å². The van der Waals surface area contributed by atoms with Gasteiger partial charge in [0, 0.05) is 21.1 Å². The number of likely N-dealkylation sites (N-methyl/N-ethyl adjacent to an activating group) is 2. The monoisotopic (exact) mass is 545 g/mol. The van der Waals surface area contributed by atoms with Crippen LogP contribution in [-0.2, 0) is 16.5 Å². The van der Waals surface area contributed by atoms with E-state index in [-0.39, 0.29) is 35.1 Å². The molecule has 1 aromatic carbocycles. The summed E-state index contributed by atoms with van der Waals surface area (Å²) in [7, 11) is 5.39. The Bertz CT molecular complexity index is 1140. The first-order chi connectivity index (χ1) is 18.6. The van der Waals surface area contributed by atoms with Crippen LogP contribution in [-0.4, -0.2) is 64.4 Å². The number of hydrogen-bond donors (Lipinski definition) is 0. The molecule has 2 aliphatic heterocycles. The van der Waals surface area contributed by atoms with Crippen molar-refractivity contribution < 1.29 is 23.5 Å². The van der Waals surface area contributed by atoms with E-state index in [0.717, 1.165) is 31.2 Å². The van der Waals surface area contributed by atoms with Crippen molar-refractivity contribution in [3.63, 3.8) is 0 Å².